The van der Waals surface area contributed by atoms with Gasteiger partial charge in [-0.15, -0.1) is 0 Å². The van der Waals surface area contributed by atoms with E-state index < -0.39 is 18.2 Å². The zero-order valence-corrected chi connectivity index (χ0v) is 30.0. The summed E-state index contributed by atoms with van der Waals surface area (Å²) in [6.45, 7) is 1.63. The molecule has 0 aromatic carbocycles. The Morgan fingerprint density at radius 2 is 0.804 bits per heavy atom. The topological polar surface area (TPSA) is 145 Å². The van der Waals surface area contributed by atoms with E-state index in [1.807, 2.05) is 0 Å². The van der Waals surface area contributed by atoms with Gasteiger partial charge in [0.2, 0.25) is 0 Å². The summed E-state index contributed by atoms with van der Waals surface area (Å²) in [5.41, 5.74) is 0. The first-order chi connectivity index (χ1) is 22.4. The van der Waals surface area contributed by atoms with Crippen LogP contribution in [0, 0.1) is 0 Å². The van der Waals surface area contributed by atoms with Crippen molar-refractivity contribution in [1.82, 2.24) is 0 Å². The second-order valence-electron chi connectivity index (χ2n) is 13.2. The van der Waals surface area contributed by atoms with E-state index in [0.717, 1.165) is 44.9 Å². The number of carboxylic acids is 1. The number of carbonyl (C=O) groups excluding carboxylic acids is 1. The molecule has 8 nitrogen and oxygen atoms in total. The molecule has 2 unspecified atom stereocenters. The zero-order chi connectivity index (χ0) is 34.4. The number of aliphatic hydroxyl groups is 4. The summed E-state index contributed by atoms with van der Waals surface area (Å²) in [6.07, 6.45) is 33.6. The van der Waals surface area contributed by atoms with Gasteiger partial charge in [0, 0.05) is 12.8 Å². The number of ether oxygens (including phenoxy) is 1. The van der Waals surface area contributed by atoms with Gasteiger partial charge in [0.15, 0.2) is 0 Å². The SMILES string of the molecule is CCCCCCCCCCCCCCCCCC(=O)O.O=C(CCCCCCCCCCCCCCC(O)CO)OCC(O)CO. The first-order valence-electron chi connectivity index (χ1n) is 19.3. The fraction of sp³-hybridized carbons (Fsp3) is 0.947. The van der Waals surface area contributed by atoms with Crippen LogP contribution in [-0.2, 0) is 14.3 Å². The third-order valence-corrected chi connectivity index (χ3v) is 8.52. The first kappa shape index (κ1) is 46.9. The van der Waals surface area contributed by atoms with Crippen LogP contribution >= 0.6 is 0 Å². The number of esters is 1. The number of rotatable bonds is 35. The summed E-state index contributed by atoms with van der Waals surface area (Å²) >= 11 is 0. The molecule has 0 bridgehead atoms. The quantitative estimate of drug-likeness (QED) is 0.0334. The van der Waals surface area contributed by atoms with E-state index in [9.17, 15) is 14.7 Å². The van der Waals surface area contributed by atoms with Crippen LogP contribution in [0.25, 0.3) is 0 Å². The normalized spacial score (nSPS) is 12.4. The van der Waals surface area contributed by atoms with E-state index in [0.29, 0.717) is 19.3 Å². The van der Waals surface area contributed by atoms with Gasteiger partial charge >= 0.3 is 11.9 Å². The van der Waals surface area contributed by atoms with E-state index in [-0.39, 0.29) is 25.8 Å². The molecule has 8 heteroatoms. The molecule has 46 heavy (non-hydrogen) atoms. The Balaban J connectivity index is 0. The first-order valence-corrected chi connectivity index (χ1v) is 19.3. The number of carbonyl (C=O) groups is 2. The molecule has 0 aromatic rings. The number of unbranched alkanes of at least 4 members (excludes halogenated alkanes) is 25. The van der Waals surface area contributed by atoms with E-state index in [1.165, 1.54) is 128 Å². The van der Waals surface area contributed by atoms with Crippen LogP contribution in [0.1, 0.15) is 200 Å². The van der Waals surface area contributed by atoms with Crippen molar-refractivity contribution in [2.75, 3.05) is 19.8 Å². The summed E-state index contributed by atoms with van der Waals surface area (Å²) in [5, 5.41) is 44.1. The van der Waals surface area contributed by atoms with Crippen molar-refractivity contribution in [3.63, 3.8) is 0 Å². The molecule has 0 rings (SSSR count). The lowest BCUT2D eigenvalue weighted by molar-refractivity contribution is -0.147. The minimum atomic E-state index is -0.974. The maximum Gasteiger partial charge on any atom is 0.305 e. The average molecular weight is 661 g/mol. The van der Waals surface area contributed by atoms with Crippen molar-refractivity contribution in [3.05, 3.63) is 0 Å². The summed E-state index contributed by atoms with van der Waals surface area (Å²) in [7, 11) is 0. The lowest BCUT2D eigenvalue weighted by atomic mass is 10.0. The monoisotopic (exact) mass is 661 g/mol. The molecule has 0 amide bonds. The van der Waals surface area contributed by atoms with Gasteiger partial charge < -0.3 is 30.3 Å². The number of carboxylic acid groups (broad SMARTS) is 1. The summed E-state index contributed by atoms with van der Waals surface area (Å²) in [6, 6.07) is 0. The third kappa shape index (κ3) is 42.8. The van der Waals surface area contributed by atoms with Crippen molar-refractivity contribution in [3.8, 4) is 0 Å². The van der Waals surface area contributed by atoms with Crippen LogP contribution in [0.2, 0.25) is 0 Å². The molecule has 0 aliphatic carbocycles. The van der Waals surface area contributed by atoms with Gasteiger partial charge in [-0.25, -0.2) is 0 Å². The smallest absolute Gasteiger partial charge is 0.305 e. The highest BCUT2D eigenvalue weighted by Gasteiger charge is 2.07. The molecule has 0 saturated carbocycles. The summed E-state index contributed by atoms with van der Waals surface area (Å²) < 4.78 is 4.85. The van der Waals surface area contributed by atoms with Crippen LogP contribution in [0.15, 0.2) is 0 Å². The fourth-order valence-electron chi connectivity index (χ4n) is 5.47. The Morgan fingerprint density at radius 3 is 1.15 bits per heavy atom. The number of aliphatic carboxylic acids is 1. The molecule has 0 fully saturated rings. The lowest BCUT2D eigenvalue weighted by Crippen LogP contribution is -2.21. The van der Waals surface area contributed by atoms with Gasteiger partial charge in [-0.3, -0.25) is 9.59 Å². The molecule has 0 saturated heterocycles. The third-order valence-electron chi connectivity index (χ3n) is 8.52. The van der Waals surface area contributed by atoms with Crippen molar-refractivity contribution < 1.29 is 39.9 Å². The van der Waals surface area contributed by atoms with Crippen LogP contribution in [-0.4, -0.2) is 69.5 Å². The van der Waals surface area contributed by atoms with E-state index in [2.05, 4.69) is 6.92 Å². The number of aliphatic hydroxyl groups excluding tert-OH is 4. The van der Waals surface area contributed by atoms with Gasteiger partial charge in [-0.1, -0.05) is 167 Å². The minimum absolute atomic E-state index is 0.125. The number of hydrogen-bond acceptors (Lipinski definition) is 7. The largest absolute Gasteiger partial charge is 0.481 e. The van der Waals surface area contributed by atoms with Crippen molar-refractivity contribution in [2.45, 2.75) is 212 Å². The molecular weight excluding hydrogens is 584 g/mol. The number of hydrogen-bond donors (Lipinski definition) is 5. The van der Waals surface area contributed by atoms with Gasteiger partial charge in [0.1, 0.15) is 12.7 Å². The Morgan fingerprint density at radius 1 is 0.478 bits per heavy atom. The van der Waals surface area contributed by atoms with Gasteiger partial charge in [0.05, 0.1) is 19.3 Å². The molecule has 0 aliphatic rings. The fourth-order valence-corrected chi connectivity index (χ4v) is 5.47. The maximum atomic E-state index is 11.4. The Bertz CT molecular complexity index is 616. The van der Waals surface area contributed by atoms with Crippen LogP contribution in [0.5, 0.6) is 0 Å². The highest BCUT2D eigenvalue weighted by atomic mass is 16.5. The highest BCUT2D eigenvalue weighted by Crippen LogP contribution is 2.15. The van der Waals surface area contributed by atoms with Crippen LogP contribution < -0.4 is 0 Å². The summed E-state index contributed by atoms with van der Waals surface area (Å²) in [4.78, 5) is 21.7. The van der Waals surface area contributed by atoms with Crippen LogP contribution in [0.4, 0.5) is 0 Å². The second-order valence-corrected chi connectivity index (χ2v) is 13.2. The van der Waals surface area contributed by atoms with E-state index in [4.69, 9.17) is 25.2 Å². The minimum Gasteiger partial charge on any atom is -0.481 e. The van der Waals surface area contributed by atoms with Crippen molar-refractivity contribution in [1.29, 1.82) is 0 Å². The Kier molecular flexibility index (Phi) is 40.7. The van der Waals surface area contributed by atoms with Crippen molar-refractivity contribution >= 4 is 11.9 Å². The molecule has 2 atom stereocenters. The highest BCUT2D eigenvalue weighted by molar-refractivity contribution is 5.69. The molecule has 5 N–H and O–H groups in total. The predicted molar refractivity (Wildman–Crippen MR) is 189 cm³/mol. The van der Waals surface area contributed by atoms with Crippen molar-refractivity contribution in [2.24, 2.45) is 0 Å². The maximum absolute atomic E-state index is 11.4. The van der Waals surface area contributed by atoms with E-state index in [1.54, 1.807) is 0 Å². The molecule has 0 spiro atoms. The second kappa shape index (κ2) is 40.0. The lowest BCUT2D eigenvalue weighted by Gasteiger charge is -2.08. The molecule has 0 radical (unpaired) electrons. The molecule has 0 aromatic heterocycles. The molecule has 0 aliphatic heterocycles. The standard InChI is InChI=1S/C20H40O6.C18H36O2/c21-15-18(23)13-11-9-7-5-3-1-2-4-6-8-10-12-14-20(25)26-17-19(24)16-22;1-2-3-4-5-6-7-8-9-10-11-12-13-14-15-16-17-18(19)20/h18-19,21-24H,1-17H2;2-17H2,1H3,(H,19,20). The zero-order valence-electron chi connectivity index (χ0n) is 30.0. The van der Waals surface area contributed by atoms with Gasteiger partial charge in [-0.2, -0.15) is 0 Å². The van der Waals surface area contributed by atoms with E-state index >= 15 is 0 Å². The van der Waals surface area contributed by atoms with Gasteiger partial charge in [-0.05, 0) is 19.3 Å². The molecule has 0 heterocycles. The summed E-state index contributed by atoms with van der Waals surface area (Å²) in [5.74, 6) is -0.955. The molecule has 276 valence electrons. The van der Waals surface area contributed by atoms with Crippen LogP contribution in [0.3, 0.4) is 0 Å². The van der Waals surface area contributed by atoms with Gasteiger partial charge in [0.25, 0.3) is 0 Å². The Hall–Kier alpha value is -1.22. The molecular formula is C38H76O8. The Labute approximate surface area is 283 Å². The predicted octanol–water partition coefficient (Wildman–Crippen LogP) is 9.03. The average Bonchev–Trinajstić information content (AvgIpc) is 3.05.